The average molecular weight is 352 g/mol. The van der Waals surface area contributed by atoms with Crippen molar-refractivity contribution in [2.45, 2.75) is 11.8 Å². The number of hydrogen-bond acceptors (Lipinski definition) is 6. The minimum atomic E-state index is -3.94. The minimum Gasteiger partial charge on any atom is -0.455 e. The zero-order valence-electron chi connectivity index (χ0n) is 12.9. The maximum absolute atomic E-state index is 12.0. The van der Waals surface area contributed by atoms with Crippen molar-refractivity contribution in [2.24, 2.45) is 0 Å². The summed E-state index contributed by atoms with van der Waals surface area (Å²) in [5, 5.41) is 2.28. The molecule has 8 nitrogen and oxygen atoms in total. The van der Waals surface area contributed by atoms with Gasteiger partial charge >= 0.3 is 5.97 Å². The first-order chi connectivity index (χ1) is 11.3. The van der Waals surface area contributed by atoms with Crippen LogP contribution in [0.2, 0.25) is 0 Å². The molecule has 0 heterocycles. The second-order valence-corrected chi connectivity index (χ2v) is 6.31. The van der Waals surface area contributed by atoms with Crippen molar-refractivity contribution in [2.75, 3.05) is 19.7 Å². The van der Waals surface area contributed by atoms with Gasteiger partial charge in [0.1, 0.15) is 6.54 Å². The lowest BCUT2D eigenvalue weighted by Gasteiger charge is -2.08. The molecule has 1 aromatic carbocycles. The largest absolute Gasteiger partial charge is 0.455 e. The van der Waals surface area contributed by atoms with Crippen molar-refractivity contribution in [1.82, 2.24) is 10.0 Å². The predicted molar refractivity (Wildman–Crippen MR) is 84.4 cm³/mol. The summed E-state index contributed by atoms with van der Waals surface area (Å²) in [7, 11) is -3.94. The van der Waals surface area contributed by atoms with Gasteiger partial charge in [-0.15, -0.1) is 6.42 Å². The Kier molecular flexibility index (Phi) is 7.10. The lowest BCUT2D eigenvalue weighted by atomic mass is 10.2. The number of amides is 1. The number of benzene rings is 1. The smallest absolute Gasteiger partial charge is 0.321 e. The molecule has 24 heavy (non-hydrogen) atoms. The summed E-state index contributed by atoms with van der Waals surface area (Å²) >= 11 is 0. The summed E-state index contributed by atoms with van der Waals surface area (Å²) in [5.41, 5.74) is 0.367. The number of Topliss-reactive ketones (excluding diaryl/α,β-unsaturated/α-hetero) is 1. The van der Waals surface area contributed by atoms with Gasteiger partial charge in [-0.2, -0.15) is 4.72 Å². The number of rotatable bonds is 8. The summed E-state index contributed by atoms with van der Waals surface area (Å²) in [6.07, 6.45) is 4.94. The van der Waals surface area contributed by atoms with Crippen LogP contribution in [-0.4, -0.2) is 45.8 Å². The molecule has 1 rings (SSSR count). The molecule has 0 saturated heterocycles. The average Bonchev–Trinajstić information content (AvgIpc) is 2.56. The highest BCUT2D eigenvalue weighted by molar-refractivity contribution is 7.89. The van der Waals surface area contributed by atoms with Crippen LogP contribution < -0.4 is 10.0 Å². The van der Waals surface area contributed by atoms with E-state index in [9.17, 15) is 22.8 Å². The van der Waals surface area contributed by atoms with Gasteiger partial charge in [0.05, 0.1) is 11.4 Å². The molecule has 0 aliphatic rings. The Morgan fingerprint density at radius 2 is 1.83 bits per heavy atom. The topological polar surface area (TPSA) is 119 Å². The maximum atomic E-state index is 12.0. The molecule has 0 aromatic heterocycles. The number of hydrogen-bond donors (Lipinski definition) is 2. The van der Waals surface area contributed by atoms with Crippen LogP contribution in [0.25, 0.3) is 0 Å². The maximum Gasteiger partial charge on any atom is 0.321 e. The zero-order chi connectivity index (χ0) is 18.2. The van der Waals surface area contributed by atoms with Crippen LogP contribution in [0.5, 0.6) is 0 Å². The number of sulfonamides is 1. The van der Waals surface area contributed by atoms with E-state index in [4.69, 9.17) is 6.42 Å². The number of carbonyl (C=O) groups excluding carboxylic acids is 3. The lowest BCUT2D eigenvalue weighted by Crippen LogP contribution is -2.34. The zero-order valence-corrected chi connectivity index (χ0v) is 13.7. The first kappa shape index (κ1) is 19.3. The van der Waals surface area contributed by atoms with Gasteiger partial charge in [0.15, 0.2) is 12.4 Å². The molecular weight excluding hydrogens is 336 g/mol. The van der Waals surface area contributed by atoms with Gasteiger partial charge < -0.3 is 10.1 Å². The Morgan fingerprint density at radius 3 is 2.38 bits per heavy atom. The van der Waals surface area contributed by atoms with Gasteiger partial charge in [0, 0.05) is 5.56 Å². The third-order valence-electron chi connectivity index (χ3n) is 2.73. The Labute approximate surface area is 139 Å². The van der Waals surface area contributed by atoms with Crippen molar-refractivity contribution in [3.8, 4) is 12.3 Å². The SMILES string of the molecule is C#CCNC(=O)COC(=O)CNS(=O)(=O)c1ccc(C(C)=O)cc1. The van der Waals surface area contributed by atoms with E-state index in [1.54, 1.807) is 0 Å². The normalized spacial score (nSPS) is 10.5. The fraction of sp³-hybridized carbons (Fsp3) is 0.267. The summed E-state index contributed by atoms with van der Waals surface area (Å²) in [4.78, 5) is 33.6. The van der Waals surface area contributed by atoms with Gasteiger partial charge in [-0.05, 0) is 19.1 Å². The van der Waals surface area contributed by atoms with Crippen molar-refractivity contribution < 1.29 is 27.5 Å². The molecule has 0 spiro atoms. The molecule has 0 atom stereocenters. The highest BCUT2D eigenvalue weighted by atomic mass is 32.2. The number of nitrogens with one attached hydrogen (secondary N) is 2. The second-order valence-electron chi connectivity index (χ2n) is 4.55. The fourth-order valence-corrected chi connectivity index (χ4v) is 2.47. The Morgan fingerprint density at radius 1 is 1.21 bits per heavy atom. The van der Waals surface area contributed by atoms with E-state index in [0.717, 1.165) is 0 Å². The highest BCUT2D eigenvalue weighted by Crippen LogP contribution is 2.10. The summed E-state index contributed by atoms with van der Waals surface area (Å²) in [5.74, 6) is 0.464. The third kappa shape index (κ3) is 6.20. The van der Waals surface area contributed by atoms with Gasteiger partial charge in [-0.1, -0.05) is 18.1 Å². The first-order valence-corrected chi connectivity index (χ1v) is 8.21. The molecule has 128 valence electrons. The Balaban J connectivity index is 2.53. The van der Waals surface area contributed by atoms with Crippen molar-refractivity contribution >= 4 is 27.7 Å². The van der Waals surface area contributed by atoms with Crippen molar-refractivity contribution in [3.05, 3.63) is 29.8 Å². The van der Waals surface area contributed by atoms with Gasteiger partial charge in [0.25, 0.3) is 5.91 Å². The van der Waals surface area contributed by atoms with Crippen molar-refractivity contribution in [1.29, 1.82) is 0 Å². The molecule has 1 aromatic rings. The second kappa shape index (κ2) is 8.81. The fourth-order valence-electron chi connectivity index (χ4n) is 1.50. The molecule has 0 aliphatic carbocycles. The quantitative estimate of drug-likeness (QED) is 0.368. The number of esters is 1. The number of terminal acetylenes is 1. The van der Waals surface area contributed by atoms with E-state index in [1.165, 1.54) is 31.2 Å². The summed E-state index contributed by atoms with van der Waals surface area (Å²) in [6, 6.07) is 5.23. The number of ether oxygens (including phenoxy) is 1. The van der Waals surface area contributed by atoms with E-state index >= 15 is 0 Å². The Hall–Kier alpha value is -2.70. The molecule has 0 unspecified atom stereocenters. The molecule has 1 amide bonds. The number of carbonyl (C=O) groups is 3. The molecule has 9 heteroatoms. The standard InChI is InChI=1S/C15H16N2O6S/c1-3-8-16-14(19)10-23-15(20)9-17-24(21,22)13-6-4-12(5-7-13)11(2)18/h1,4-7,17H,8-10H2,2H3,(H,16,19). The monoisotopic (exact) mass is 352 g/mol. The van der Waals surface area contributed by atoms with Crippen LogP contribution in [0.1, 0.15) is 17.3 Å². The molecule has 0 saturated carbocycles. The molecule has 0 fully saturated rings. The lowest BCUT2D eigenvalue weighted by molar-refractivity contribution is -0.147. The molecule has 0 radical (unpaired) electrons. The van der Waals surface area contributed by atoms with Crippen LogP contribution in [-0.2, 0) is 24.3 Å². The van der Waals surface area contributed by atoms with Gasteiger partial charge in [-0.25, -0.2) is 8.42 Å². The van der Waals surface area contributed by atoms with E-state index in [1.807, 2.05) is 4.72 Å². The molecule has 0 bridgehead atoms. The summed E-state index contributed by atoms with van der Waals surface area (Å²) < 4.78 is 30.6. The van der Waals surface area contributed by atoms with E-state index in [2.05, 4.69) is 16.0 Å². The Bertz CT molecular complexity index is 762. The van der Waals surface area contributed by atoms with Crippen LogP contribution in [0.3, 0.4) is 0 Å². The van der Waals surface area contributed by atoms with E-state index in [0.29, 0.717) is 5.56 Å². The van der Waals surface area contributed by atoms with Crippen LogP contribution in [0.4, 0.5) is 0 Å². The highest BCUT2D eigenvalue weighted by Gasteiger charge is 2.17. The van der Waals surface area contributed by atoms with Gasteiger partial charge in [-0.3, -0.25) is 14.4 Å². The summed E-state index contributed by atoms with van der Waals surface area (Å²) in [6.45, 7) is 0.158. The van der Waals surface area contributed by atoms with Crippen LogP contribution >= 0.6 is 0 Å². The number of ketones is 1. The third-order valence-corrected chi connectivity index (χ3v) is 4.15. The first-order valence-electron chi connectivity index (χ1n) is 6.72. The van der Waals surface area contributed by atoms with Gasteiger partial charge in [0.2, 0.25) is 10.0 Å². The van der Waals surface area contributed by atoms with E-state index < -0.39 is 35.1 Å². The van der Waals surface area contributed by atoms with Crippen molar-refractivity contribution in [3.63, 3.8) is 0 Å². The van der Waals surface area contributed by atoms with E-state index in [-0.39, 0.29) is 17.2 Å². The molecular formula is C15H16N2O6S. The molecule has 2 N–H and O–H groups in total. The van der Waals surface area contributed by atoms with Crippen LogP contribution in [0.15, 0.2) is 29.2 Å². The predicted octanol–water partition coefficient (Wildman–Crippen LogP) is -0.540. The molecule has 0 aliphatic heterocycles. The minimum absolute atomic E-state index is 0.000723. The van der Waals surface area contributed by atoms with Crippen LogP contribution in [0, 0.1) is 12.3 Å².